The minimum atomic E-state index is -0.427. The maximum absolute atomic E-state index is 11.8. The lowest BCUT2D eigenvalue weighted by Crippen LogP contribution is -2.38. The van der Waals surface area contributed by atoms with Crippen LogP contribution in [-0.2, 0) is 0 Å². The number of rotatable bonds is 4. The highest BCUT2D eigenvalue weighted by molar-refractivity contribution is 6.29. The number of anilines is 1. The maximum Gasteiger partial charge on any atom is 0.321 e. The number of urea groups is 1. The number of likely N-dealkylation sites (N-methyl/N-ethyl adjacent to an activating group) is 1. The molecule has 1 atom stereocenters. The van der Waals surface area contributed by atoms with Gasteiger partial charge in [-0.25, -0.2) is 9.78 Å². The van der Waals surface area contributed by atoms with Crippen molar-refractivity contribution in [1.82, 2.24) is 9.88 Å². The van der Waals surface area contributed by atoms with Crippen LogP contribution < -0.4 is 5.32 Å². The molecule has 1 fully saturated rings. The Bertz CT molecular complexity index is 420. The van der Waals surface area contributed by atoms with Crippen LogP contribution in [0.5, 0.6) is 0 Å². The molecule has 98 valence electrons. The summed E-state index contributed by atoms with van der Waals surface area (Å²) in [6.07, 6.45) is 3.17. The fourth-order valence-electron chi connectivity index (χ4n) is 1.66. The highest BCUT2D eigenvalue weighted by Gasteiger charge is 2.31. The number of hydrogen-bond donors (Lipinski definition) is 2. The second-order valence-corrected chi connectivity index (χ2v) is 4.97. The molecule has 0 bridgehead atoms. The first-order valence-electron chi connectivity index (χ1n) is 5.88. The van der Waals surface area contributed by atoms with Gasteiger partial charge in [0.2, 0.25) is 0 Å². The molecule has 2 amide bonds. The molecule has 1 unspecified atom stereocenters. The van der Waals surface area contributed by atoms with Gasteiger partial charge in [0, 0.05) is 13.6 Å². The normalized spacial score (nSPS) is 16.2. The van der Waals surface area contributed by atoms with Crippen LogP contribution in [0.15, 0.2) is 18.3 Å². The van der Waals surface area contributed by atoms with E-state index in [-0.39, 0.29) is 6.03 Å². The number of aromatic nitrogens is 1. The summed E-state index contributed by atoms with van der Waals surface area (Å²) in [6, 6.07) is 3.02. The van der Waals surface area contributed by atoms with Crippen LogP contribution in [0, 0.1) is 5.92 Å². The minimum Gasteiger partial charge on any atom is -0.391 e. The van der Waals surface area contributed by atoms with Crippen molar-refractivity contribution in [3.05, 3.63) is 23.5 Å². The molecule has 0 spiro atoms. The van der Waals surface area contributed by atoms with Gasteiger partial charge < -0.3 is 15.3 Å². The number of amides is 2. The van der Waals surface area contributed by atoms with Crippen LogP contribution in [0.25, 0.3) is 0 Å². The van der Waals surface area contributed by atoms with Gasteiger partial charge in [-0.15, -0.1) is 0 Å². The highest BCUT2D eigenvalue weighted by atomic mass is 35.5. The molecule has 18 heavy (non-hydrogen) atoms. The molecule has 0 saturated heterocycles. The predicted octanol–water partition coefficient (Wildman–Crippen LogP) is 1.97. The van der Waals surface area contributed by atoms with Crippen molar-refractivity contribution in [2.24, 2.45) is 5.92 Å². The van der Waals surface area contributed by atoms with Gasteiger partial charge in [0.1, 0.15) is 5.15 Å². The average molecular weight is 270 g/mol. The summed E-state index contributed by atoms with van der Waals surface area (Å²) in [7, 11) is 1.66. The number of halogens is 1. The molecule has 0 aromatic carbocycles. The van der Waals surface area contributed by atoms with Crippen LogP contribution in [0.2, 0.25) is 5.15 Å². The molecule has 0 radical (unpaired) electrons. The zero-order chi connectivity index (χ0) is 13.1. The molecule has 1 heterocycles. The topological polar surface area (TPSA) is 65.5 Å². The molecule has 1 aliphatic rings. The molecule has 0 aliphatic heterocycles. The van der Waals surface area contributed by atoms with Gasteiger partial charge in [-0.2, -0.15) is 0 Å². The Kier molecular flexibility index (Phi) is 4.04. The fourth-order valence-corrected chi connectivity index (χ4v) is 1.77. The summed E-state index contributed by atoms with van der Waals surface area (Å²) in [4.78, 5) is 17.2. The Morgan fingerprint density at radius 3 is 2.94 bits per heavy atom. The Morgan fingerprint density at radius 1 is 1.67 bits per heavy atom. The van der Waals surface area contributed by atoms with Gasteiger partial charge in [0.15, 0.2) is 0 Å². The Hall–Kier alpha value is -1.33. The van der Waals surface area contributed by atoms with Crippen molar-refractivity contribution in [3.63, 3.8) is 0 Å². The lowest BCUT2D eigenvalue weighted by molar-refractivity contribution is 0.117. The number of pyridine rings is 1. The first-order valence-corrected chi connectivity index (χ1v) is 6.26. The largest absolute Gasteiger partial charge is 0.391 e. The molecule has 6 heteroatoms. The molecule has 1 aromatic heterocycles. The van der Waals surface area contributed by atoms with E-state index in [2.05, 4.69) is 10.3 Å². The van der Waals surface area contributed by atoms with Crippen molar-refractivity contribution in [3.8, 4) is 0 Å². The fraction of sp³-hybridized carbons (Fsp3) is 0.500. The van der Waals surface area contributed by atoms with Crippen LogP contribution in [0.3, 0.4) is 0 Å². The third-order valence-electron chi connectivity index (χ3n) is 2.95. The standard InChI is InChI=1S/C12H16ClN3O2/c1-16(7-10(17)8-2-3-8)12(18)15-9-4-5-11(13)14-6-9/h4-6,8,10,17H,2-3,7H2,1H3,(H,15,18). The van der Waals surface area contributed by atoms with Gasteiger partial charge >= 0.3 is 6.03 Å². The quantitative estimate of drug-likeness (QED) is 0.822. The molecule has 2 N–H and O–H groups in total. The first kappa shape index (κ1) is 13.1. The van der Waals surface area contributed by atoms with Crippen LogP contribution in [0.4, 0.5) is 10.5 Å². The molecule has 1 aromatic rings. The van der Waals surface area contributed by atoms with E-state index in [1.165, 1.54) is 11.1 Å². The van der Waals surface area contributed by atoms with E-state index >= 15 is 0 Å². The molecule has 5 nitrogen and oxygen atoms in total. The van der Waals surface area contributed by atoms with Crippen molar-refractivity contribution in [2.45, 2.75) is 18.9 Å². The first-order chi connectivity index (χ1) is 8.56. The van der Waals surface area contributed by atoms with Gasteiger partial charge in [-0.05, 0) is 30.9 Å². The van der Waals surface area contributed by atoms with Gasteiger partial charge in [-0.3, -0.25) is 0 Å². The molecule has 2 rings (SSSR count). The van der Waals surface area contributed by atoms with Crippen molar-refractivity contribution < 1.29 is 9.90 Å². The lowest BCUT2D eigenvalue weighted by atomic mass is 10.2. The Morgan fingerprint density at radius 2 is 2.39 bits per heavy atom. The number of aliphatic hydroxyl groups excluding tert-OH is 1. The molecule has 1 aliphatic carbocycles. The van der Waals surface area contributed by atoms with E-state index in [1.54, 1.807) is 19.2 Å². The molecule has 1 saturated carbocycles. The van der Waals surface area contributed by atoms with E-state index in [9.17, 15) is 9.90 Å². The van der Waals surface area contributed by atoms with Crippen molar-refractivity contribution in [1.29, 1.82) is 0 Å². The number of nitrogens with zero attached hydrogens (tertiary/aromatic N) is 2. The van der Waals surface area contributed by atoms with Crippen LogP contribution in [-0.4, -0.2) is 40.7 Å². The van der Waals surface area contributed by atoms with E-state index in [0.29, 0.717) is 23.3 Å². The second kappa shape index (κ2) is 5.54. The summed E-state index contributed by atoms with van der Waals surface area (Å²) >= 11 is 5.65. The summed E-state index contributed by atoms with van der Waals surface area (Å²) in [5, 5.41) is 12.8. The lowest BCUT2D eigenvalue weighted by Gasteiger charge is -2.21. The monoisotopic (exact) mass is 269 g/mol. The van der Waals surface area contributed by atoms with E-state index in [4.69, 9.17) is 11.6 Å². The smallest absolute Gasteiger partial charge is 0.321 e. The summed E-state index contributed by atoms with van der Waals surface area (Å²) in [5.74, 6) is 0.359. The Balaban J connectivity index is 1.84. The van der Waals surface area contributed by atoms with Crippen LogP contribution in [0.1, 0.15) is 12.8 Å². The number of carbonyl (C=O) groups is 1. The van der Waals surface area contributed by atoms with E-state index in [1.807, 2.05) is 0 Å². The van der Waals surface area contributed by atoms with Crippen LogP contribution >= 0.6 is 11.6 Å². The van der Waals surface area contributed by atoms with Crippen molar-refractivity contribution in [2.75, 3.05) is 18.9 Å². The minimum absolute atomic E-state index is 0.265. The average Bonchev–Trinajstić information content (AvgIpc) is 3.16. The Labute approximate surface area is 111 Å². The third kappa shape index (κ3) is 3.58. The highest BCUT2D eigenvalue weighted by Crippen LogP contribution is 2.32. The van der Waals surface area contributed by atoms with Gasteiger partial charge in [0.25, 0.3) is 0 Å². The summed E-state index contributed by atoms with van der Waals surface area (Å²) in [6.45, 7) is 0.345. The van der Waals surface area contributed by atoms with Gasteiger partial charge in [0.05, 0.1) is 18.0 Å². The number of aliphatic hydroxyl groups is 1. The van der Waals surface area contributed by atoms with E-state index < -0.39 is 6.10 Å². The van der Waals surface area contributed by atoms with E-state index in [0.717, 1.165) is 12.8 Å². The molecular formula is C12H16ClN3O2. The zero-order valence-electron chi connectivity index (χ0n) is 10.1. The summed E-state index contributed by atoms with van der Waals surface area (Å²) < 4.78 is 0. The number of nitrogens with one attached hydrogen (secondary N) is 1. The maximum atomic E-state index is 11.8. The SMILES string of the molecule is CN(CC(O)C1CC1)C(=O)Nc1ccc(Cl)nc1. The number of hydrogen-bond acceptors (Lipinski definition) is 3. The predicted molar refractivity (Wildman–Crippen MR) is 69.6 cm³/mol. The third-order valence-corrected chi connectivity index (χ3v) is 3.18. The number of carbonyl (C=O) groups excluding carboxylic acids is 1. The zero-order valence-corrected chi connectivity index (χ0v) is 10.9. The van der Waals surface area contributed by atoms with Crippen molar-refractivity contribution >= 4 is 23.3 Å². The molecular weight excluding hydrogens is 254 g/mol. The summed E-state index contributed by atoms with van der Waals surface area (Å²) in [5.41, 5.74) is 0.581. The van der Waals surface area contributed by atoms with Gasteiger partial charge in [-0.1, -0.05) is 11.6 Å². The second-order valence-electron chi connectivity index (χ2n) is 4.59.